The van der Waals surface area contributed by atoms with Crippen LogP contribution in [0.5, 0.6) is 11.5 Å². The quantitative estimate of drug-likeness (QED) is 0.854. The second-order valence-corrected chi connectivity index (χ2v) is 4.96. The molecule has 0 spiro atoms. The molecule has 1 atom stereocenters. The highest BCUT2D eigenvalue weighted by atomic mass is 16.6. The second-order valence-electron chi connectivity index (χ2n) is 4.96. The summed E-state index contributed by atoms with van der Waals surface area (Å²) >= 11 is 0. The first-order valence-electron chi connectivity index (χ1n) is 6.67. The largest absolute Gasteiger partial charge is 0.486 e. The van der Waals surface area contributed by atoms with E-state index in [0.29, 0.717) is 19.3 Å². The number of fused-ring (bicyclic) bond motifs is 1. The molecular weight excluding hydrogens is 228 g/mol. The summed E-state index contributed by atoms with van der Waals surface area (Å²) in [5.41, 5.74) is 1.24. The van der Waals surface area contributed by atoms with Crippen molar-refractivity contribution in [2.45, 2.75) is 19.5 Å². The zero-order valence-electron chi connectivity index (χ0n) is 10.8. The zero-order valence-corrected chi connectivity index (χ0v) is 10.8. The lowest BCUT2D eigenvalue weighted by atomic mass is 10.1. The molecule has 4 nitrogen and oxygen atoms in total. The Kier molecular flexibility index (Phi) is 3.39. The number of benzene rings is 1. The molecule has 1 aromatic carbocycles. The molecule has 98 valence electrons. The van der Waals surface area contributed by atoms with Crippen molar-refractivity contribution in [3.8, 4) is 11.5 Å². The summed E-state index contributed by atoms with van der Waals surface area (Å²) in [6.07, 6.45) is 0. The lowest BCUT2D eigenvalue weighted by Gasteiger charge is -2.34. The Morgan fingerprint density at radius 3 is 3.11 bits per heavy atom. The first kappa shape index (κ1) is 11.8. The highest BCUT2D eigenvalue weighted by molar-refractivity contribution is 5.47. The van der Waals surface area contributed by atoms with E-state index in [1.165, 1.54) is 5.56 Å². The van der Waals surface area contributed by atoms with E-state index >= 15 is 0 Å². The summed E-state index contributed by atoms with van der Waals surface area (Å²) < 4.78 is 11.4. The van der Waals surface area contributed by atoms with Gasteiger partial charge in [0.2, 0.25) is 0 Å². The summed E-state index contributed by atoms with van der Waals surface area (Å²) in [6.45, 7) is 7.73. The van der Waals surface area contributed by atoms with Crippen LogP contribution in [0.15, 0.2) is 18.2 Å². The number of nitrogens with zero attached hydrogens (tertiary/aromatic N) is 1. The van der Waals surface area contributed by atoms with Crippen LogP contribution in [-0.2, 0) is 6.54 Å². The van der Waals surface area contributed by atoms with Crippen LogP contribution in [0.3, 0.4) is 0 Å². The van der Waals surface area contributed by atoms with Crippen molar-refractivity contribution < 1.29 is 9.47 Å². The summed E-state index contributed by atoms with van der Waals surface area (Å²) in [5, 5.41) is 3.41. The van der Waals surface area contributed by atoms with Crippen molar-refractivity contribution in [1.29, 1.82) is 0 Å². The van der Waals surface area contributed by atoms with Crippen LogP contribution in [0.4, 0.5) is 0 Å². The smallest absolute Gasteiger partial charge is 0.165 e. The molecule has 1 saturated heterocycles. The van der Waals surface area contributed by atoms with Crippen LogP contribution < -0.4 is 14.8 Å². The van der Waals surface area contributed by atoms with Gasteiger partial charge in [0.25, 0.3) is 0 Å². The van der Waals surface area contributed by atoms with Gasteiger partial charge in [-0.05, 0) is 13.0 Å². The topological polar surface area (TPSA) is 33.7 Å². The molecular formula is C14H20N2O2. The number of para-hydroxylation sites is 1. The number of hydrogen-bond acceptors (Lipinski definition) is 4. The van der Waals surface area contributed by atoms with E-state index in [9.17, 15) is 0 Å². The van der Waals surface area contributed by atoms with Crippen molar-refractivity contribution in [2.75, 3.05) is 32.8 Å². The standard InChI is InChI=1S/C14H20N2O2/c1-11-9-15-5-6-16(11)10-12-3-2-4-13-14(12)18-8-7-17-13/h2-4,11,15H,5-10H2,1H3/t11-/m0/s1. The van der Waals surface area contributed by atoms with E-state index in [0.717, 1.165) is 37.7 Å². The van der Waals surface area contributed by atoms with Crippen molar-refractivity contribution in [1.82, 2.24) is 10.2 Å². The van der Waals surface area contributed by atoms with Crippen molar-refractivity contribution >= 4 is 0 Å². The van der Waals surface area contributed by atoms with Crippen LogP contribution >= 0.6 is 0 Å². The molecule has 0 saturated carbocycles. The van der Waals surface area contributed by atoms with E-state index < -0.39 is 0 Å². The van der Waals surface area contributed by atoms with Gasteiger partial charge in [-0.1, -0.05) is 12.1 Å². The molecule has 0 aromatic heterocycles. The van der Waals surface area contributed by atoms with Gasteiger partial charge in [0.15, 0.2) is 11.5 Å². The lowest BCUT2D eigenvalue weighted by molar-refractivity contribution is 0.150. The minimum atomic E-state index is 0.569. The maximum absolute atomic E-state index is 5.76. The fourth-order valence-corrected chi connectivity index (χ4v) is 2.60. The molecule has 0 amide bonds. The Hall–Kier alpha value is -1.26. The highest BCUT2D eigenvalue weighted by Gasteiger charge is 2.21. The first-order valence-corrected chi connectivity index (χ1v) is 6.67. The van der Waals surface area contributed by atoms with E-state index in [1.807, 2.05) is 6.07 Å². The molecule has 0 radical (unpaired) electrons. The molecule has 18 heavy (non-hydrogen) atoms. The number of nitrogens with one attached hydrogen (secondary N) is 1. The molecule has 0 bridgehead atoms. The molecule has 1 fully saturated rings. The summed E-state index contributed by atoms with van der Waals surface area (Å²) in [6, 6.07) is 6.75. The molecule has 4 heteroatoms. The van der Waals surface area contributed by atoms with Gasteiger partial charge < -0.3 is 14.8 Å². The highest BCUT2D eigenvalue weighted by Crippen LogP contribution is 2.34. The van der Waals surface area contributed by atoms with E-state index in [2.05, 4.69) is 29.3 Å². The van der Waals surface area contributed by atoms with Crippen LogP contribution in [0.1, 0.15) is 12.5 Å². The molecule has 2 heterocycles. The Morgan fingerprint density at radius 2 is 2.22 bits per heavy atom. The fraction of sp³-hybridized carbons (Fsp3) is 0.571. The maximum Gasteiger partial charge on any atom is 0.165 e. The Balaban J connectivity index is 1.79. The van der Waals surface area contributed by atoms with Gasteiger partial charge in [-0.2, -0.15) is 0 Å². The van der Waals surface area contributed by atoms with Gasteiger partial charge in [0.1, 0.15) is 13.2 Å². The lowest BCUT2D eigenvalue weighted by Crippen LogP contribution is -2.49. The van der Waals surface area contributed by atoms with Crippen molar-refractivity contribution in [3.05, 3.63) is 23.8 Å². The van der Waals surface area contributed by atoms with Gasteiger partial charge in [-0.15, -0.1) is 0 Å². The third kappa shape index (κ3) is 2.31. The van der Waals surface area contributed by atoms with Crippen molar-refractivity contribution in [2.24, 2.45) is 0 Å². The molecule has 2 aliphatic rings. The summed E-state index contributed by atoms with van der Waals surface area (Å²) in [4.78, 5) is 2.49. The molecule has 0 unspecified atom stereocenters. The molecule has 1 N–H and O–H groups in total. The van der Waals surface area contributed by atoms with Crippen molar-refractivity contribution in [3.63, 3.8) is 0 Å². The average Bonchev–Trinajstić information content (AvgIpc) is 2.42. The molecule has 1 aromatic rings. The number of piperazine rings is 1. The van der Waals surface area contributed by atoms with Crippen LogP contribution in [0.25, 0.3) is 0 Å². The third-order valence-corrected chi connectivity index (χ3v) is 3.66. The van der Waals surface area contributed by atoms with Gasteiger partial charge in [-0.25, -0.2) is 0 Å². The molecule has 0 aliphatic carbocycles. The van der Waals surface area contributed by atoms with Crippen LogP contribution in [0, 0.1) is 0 Å². The van der Waals surface area contributed by atoms with Crippen LogP contribution in [-0.4, -0.2) is 43.8 Å². The van der Waals surface area contributed by atoms with Crippen LogP contribution in [0.2, 0.25) is 0 Å². The molecule has 2 aliphatic heterocycles. The molecule has 3 rings (SSSR count). The van der Waals surface area contributed by atoms with E-state index in [4.69, 9.17) is 9.47 Å². The fourth-order valence-electron chi connectivity index (χ4n) is 2.60. The second kappa shape index (κ2) is 5.16. The predicted octanol–water partition coefficient (Wildman–Crippen LogP) is 1.25. The average molecular weight is 248 g/mol. The van der Waals surface area contributed by atoms with E-state index in [-0.39, 0.29) is 0 Å². The van der Waals surface area contributed by atoms with E-state index in [1.54, 1.807) is 0 Å². The number of ether oxygens (including phenoxy) is 2. The summed E-state index contributed by atoms with van der Waals surface area (Å²) in [7, 11) is 0. The van der Waals surface area contributed by atoms with Gasteiger partial charge in [-0.3, -0.25) is 4.90 Å². The maximum atomic E-state index is 5.76. The minimum absolute atomic E-state index is 0.569. The Labute approximate surface area is 108 Å². The Morgan fingerprint density at radius 1 is 1.33 bits per heavy atom. The number of hydrogen-bond donors (Lipinski definition) is 1. The van der Waals surface area contributed by atoms with Gasteiger partial charge in [0.05, 0.1) is 0 Å². The normalized spacial score (nSPS) is 23.9. The van der Waals surface area contributed by atoms with Gasteiger partial charge >= 0.3 is 0 Å². The first-order chi connectivity index (χ1) is 8.84. The van der Waals surface area contributed by atoms with Gasteiger partial charge in [0, 0.05) is 37.8 Å². The zero-order chi connectivity index (χ0) is 12.4. The number of rotatable bonds is 2. The monoisotopic (exact) mass is 248 g/mol. The predicted molar refractivity (Wildman–Crippen MR) is 70.2 cm³/mol. The third-order valence-electron chi connectivity index (χ3n) is 3.66. The Bertz CT molecular complexity index is 422. The summed E-state index contributed by atoms with van der Waals surface area (Å²) in [5.74, 6) is 1.83. The minimum Gasteiger partial charge on any atom is -0.486 e. The SMILES string of the molecule is C[C@H]1CNCCN1Cc1cccc2c1OCCO2.